The highest BCUT2D eigenvalue weighted by Crippen LogP contribution is 2.31. The van der Waals surface area contributed by atoms with E-state index in [2.05, 4.69) is 15.2 Å². The fraction of sp³-hybridized carbons (Fsp3) is 0.423. The first-order chi connectivity index (χ1) is 17.7. The number of ether oxygens (including phenoxy) is 6. The molecule has 3 aromatic rings. The molecule has 0 bridgehead atoms. The van der Waals surface area contributed by atoms with Gasteiger partial charge in [-0.05, 0) is 25.1 Å². The zero-order chi connectivity index (χ0) is 25.0. The third kappa shape index (κ3) is 7.59. The Bertz CT molecular complexity index is 1150. The molecule has 0 unspecified atom stereocenters. The molecule has 2 aromatic carbocycles. The average molecular weight is 498 g/mol. The number of H-pyrrole nitrogens is 1. The van der Waals surface area contributed by atoms with Gasteiger partial charge >= 0.3 is 0 Å². The SMILES string of the molecule is Cc1ccc(-c2nnc(-c3ccc4c(c3)OCCOCCOCCOCCOCCO4)c(=O)[nH]2)cc1. The van der Waals surface area contributed by atoms with Crippen LogP contribution >= 0.6 is 0 Å². The van der Waals surface area contributed by atoms with Crippen LogP contribution in [0.2, 0.25) is 0 Å². The maximum absolute atomic E-state index is 12.9. The van der Waals surface area contributed by atoms with Gasteiger partial charge in [-0.25, -0.2) is 0 Å². The van der Waals surface area contributed by atoms with Gasteiger partial charge in [0.05, 0.1) is 52.9 Å². The molecule has 1 aromatic heterocycles. The van der Waals surface area contributed by atoms with Crippen LogP contribution < -0.4 is 15.0 Å². The van der Waals surface area contributed by atoms with Crippen LogP contribution in [0.25, 0.3) is 22.6 Å². The number of aromatic amines is 1. The Hall–Kier alpha value is -3.31. The van der Waals surface area contributed by atoms with E-state index in [0.29, 0.717) is 89.0 Å². The molecule has 1 aliphatic heterocycles. The molecule has 0 spiro atoms. The largest absolute Gasteiger partial charge is 0.487 e. The van der Waals surface area contributed by atoms with Gasteiger partial charge < -0.3 is 33.4 Å². The zero-order valence-electron chi connectivity index (χ0n) is 20.4. The monoisotopic (exact) mass is 497 g/mol. The lowest BCUT2D eigenvalue weighted by Gasteiger charge is -2.15. The van der Waals surface area contributed by atoms with Gasteiger partial charge in [0.1, 0.15) is 13.2 Å². The summed E-state index contributed by atoms with van der Waals surface area (Å²) in [4.78, 5) is 15.7. The molecule has 4 rings (SSSR count). The van der Waals surface area contributed by atoms with Crippen molar-refractivity contribution in [3.63, 3.8) is 0 Å². The maximum atomic E-state index is 12.9. The summed E-state index contributed by atoms with van der Waals surface area (Å²) in [6.07, 6.45) is 0. The smallest absolute Gasteiger partial charge is 0.278 e. The molecular formula is C26H31N3O7. The third-order valence-corrected chi connectivity index (χ3v) is 5.33. The number of hydrogen-bond donors (Lipinski definition) is 1. The van der Waals surface area contributed by atoms with Crippen LogP contribution in [-0.2, 0) is 18.9 Å². The minimum absolute atomic E-state index is 0.188. The Labute approximate surface area is 209 Å². The molecular weight excluding hydrogens is 466 g/mol. The number of aryl methyl sites for hydroxylation is 1. The maximum Gasteiger partial charge on any atom is 0.278 e. The lowest BCUT2D eigenvalue weighted by molar-refractivity contribution is -0.00841. The van der Waals surface area contributed by atoms with Crippen LogP contribution in [0.15, 0.2) is 47.3 Å². The first-order valence-corrected chi connectivity index (χ1v) is 12.0. The van der Waals surface area contributed by atoms with Crippen LogP contribution in [0, 0.1) is 6.92 Å². The second-order valence-electron chi connectivity index (χ2n) is 8.03. The zero-order valence-corrected chi connectivity index (χ0v) is 20.4. The number of aromatic nitrogens is 3. The van der Waals surface area contributed by atoms with E-state index in [4.69, 9.17) is 28.4 Å². The number of benzene rings is 2. The van der Waals surface area contributed by atoms with Crippen molar-refractivity contribution in [2.24, 2.45) is 0 Å². The van der Waals surface area contributed by atoms with Crippen molar-refractivity contribution >= 4 is 0 Å². The second-order valence-corrected chi connectivity index (χ2v) is 8.03. The molecule has 0 aliphatic carbocycles. The summed E-state index contributed by atoms with van der Waals surface area (Å²) in [6, 6.07) is 12.9. The molecule has 36 heavy (non-hydrogen) atoms. The summed E-state index contributed by atoms with van der Waals surface area (Å²) in [7, 11) is 0. The molecule has 0 saturated heterocycles. The lowest BCUT2D eigenvalue weighted by Crippen LogP contribution is -2.16. The summed E-state index contributed by atoms with van der Waals surface area (Å²) in [5.74, 6) is 1.41. The van der Waals surface area contributed by atoms with Crippen LogP contribution in [0.5, 0.6) is 11.5 Å². The van der Waals surface area contributed by atoms with Crippen molar-refractivity contribution in [3.05, 3.63) is 58.4 Å². The van der Waals surface area contributed by atoms with Gasteiger partial charge in [-0.3, -0.25) is 4.79 Å². The molecule has 0 fully saturated rings. The van der Waals surface area contributed by atoms with Gasteiger partial charge in [-0.15, -0.1) is 10.2 Å². The van der Waals surface area contributed by atoms with E-state index >= 15 is 0 Å². The number of nitrogens with one attached hydrogen (secondary N) is 1. The van der Waals surface area contributed by atoms with E-state index in [1.807, 2.05) is 31.2 Å². The quantitative estimate of drug-likeness (QED) is 0.571. The van der Waals surface area contributed by atoms with Crippen molar-refractivity contribution in [2.45, 2.75) is 6.92 Å². The van der Waals surface area contributed by atoms with Crippen LogP contribution in [-0.4, -0.2) is 81.3 Å². The number of rotatable bonds is 2. The van der Waals surface area contributed by atoms with Gasteiger partial charge in [0.15, 0.2) is 23.0 Å². The van der Waals surface area contributed by atoms with Crippen LogP contribution in [0.4, 0.5) is 0 Å². The molecule has 0 radical (unpaired) electrons. The highest BCUT2D eigenvalue weighted by atomic mass is 16.6. The third-order valence-electron chi connectivity index (χ3n) is 5.33. The summed E-state index contributed by atoms with van der Waals surface area (Å²) in [5.41, 5.74) is 2.31. The highest BCUT2D eigenvalue weighted by molar-refractivity contribution is 5.64. The summed E-state index contributed by atoms with van der Waals surface area (Å²) >= 11 is 0. The predicted molar refractivity (Wildman–Crippen MR) is 133 cm³/mol. The number of hydrogen-bond acceptors (Lipinski definition) is 9. The summed E-state index contributed by atoms with van der Waals surface area (Å²) in [5, 5.41) is 8.42. The standard InChI is InChI=1S/C26H31N3O7/c1-19-2-4-20(5-3-19)25-27-26(30)24(28-29-25)21-6-7-22-23(18-21)36-17-15-34-13-11-32-9-8-31-10-12-33-14-16-35-22/h2-7,18H,8-17H2,1H3,(H,27,29,30). The Balaban J connectivity index is 1.49. The Morgan fingerprint density at radius 1 is 0.639 bits per heavy atom. The van der Waals surface area contributed by atoms with Crippen LogP contribution in [0.1, 0.15) is 5.56 Å². The molecule has 10 heteroatoms. The van der Waals surface area contributed by atoms with E-state index in [1.165, 1.54) is 0 Å². The Morgan fingerprint density at radius 3 is 1.75 bits per heavy atom. The van der Waals surface area contributed by atoms with Gasteiger partial charge in [-0.1, -0.05) is 29.8 Å². The van der Waals surface area contributed by atoms with E-state index in [1.54, 1.807) is 18.2 Å². The van der Waals surface area contributed by atoms with E-state index in [0.717, 1.165) is 11.1 Å². The normalized spacial score (nSPS) is 16.6. The van der Waals surface area contributed by atoms with Crippen molar-refractivity contribution in [1.82, 2.24) is 15.2 Å². The number of fused-ring (bicyclic) bond motifs is 1. The summed E-state index contributed by atoms with van der Waals surface area (Å²) < 4.78 is 33.8. The molecule has 1 aliphatic rings. The highest BCUT2D eigenvalue weighted by Gasteiger charge is 2.14. The Morgan fingerprint density at radius 2 is 1.17 bits per heavy atom. The fourth-order valence-corrected chi connectivity index (χ4v) is 3.44. The molecule has 0 saturated carbocycles. The first-order valence-electron chi connectivity index (χ1n) is 12.0. The van der Waals surface area contributed by atoms with Crippen molar-refractivity contribution in [3.8, 4) is 34.1 Å². The second kappa shape index (κ2) is 13.7. The van der Waals surface area contributed by atoms with Gasteiger partial charge in [0.2, 0.25) is 0 Å². The summed E-state index contributed by atoms with van der Waals surface area (Å²) in [6.45, 7) is 6.31. The molecule has 2 heterocycles. The minimum atomic E-state index is -0.347. The number of nitrogens with zero attached hydrogens (tertiary/aromatic N) is 2. The average Bonchev–Trinajstić information content (AvgIpc) is 2.89. The van der Waals surface area contributed by atoms with Gasteiger partial charge in [0, 0.05) is 11.1 Å². The van der Waals surface area contributed by atoms with Crippen molar-refractivity contribution in [1.29, 1.82) is 0 Å². The van der Waals surface area contributed by atoms with E-state index in [-0.39, 0.29) is 11.3 Å². The lowest BCUT2D eigenvalue weighted by atomic mass is 10.1. The topological polar surface area (TPSA) is 114 Å². The molecule has 1 N–H and O–H groups in total. The fourth-order valence-electron chi connectivity index (χ4n) is 3.44. The van der Waals surface area contributed by atoms with E-state index < -0.39 is 0 Å². The first kappa shape index (κ1) is 25.8. The molecule has 0 atom stereocenters. The minimum Gasteiger partial charge on any atom is -0.487 e. The predicted octanol–water partition coefficient (Wildman–Crippen LogP) is 2.64. The van der Waals surface area contributed by atoms with Crippen LogP contribution in [0.3, 0.4) is 0 Å². The molecule has 192 valence electrons. The van der Waals surface area contributed by atoms with Crippen molar-refractivity contribution in [2.75, 3.05) is 66.1 Å². The van der Waals surface area contributed by atoms with Crippen molar-refractivity contribution < 1.29 is 28.4 Å². The Kier molecular flexibility index (Phi) is 9.80. The van der Waals surface area contributed by atoms with E-state index in [9.17, 15) is 4.79 Å². The molecule has 0 amide bonds. The molecule has 10 nitrogen and oxygen atoms in total. The van der Waals surface area contributed by atoms with Gasteiger partial charge in [-0.2, -0.15) is 0 Å². The van der Waals surface area contributed by atoms with Gasteiger partial charge in [0.25, 0.3) is 5.56 Å².